The Hall–Kier alpha value is -2.87. The van der Waals surface area contributed by atoms with Crippen molar-refractivity contribution in [1.82, 2.24) is 10.6 Å². The van der Waals surface area contributed by atoms with Crippen molar-refractivity contribution in [2.45, 2.75) is 19.5 Å². The van der Waals surface area contributed by atoms with Crippen molar-refractivity contribution in [3.05, 3.63) is 75.4 Å². The molecule has 1 aromatic heterocycles. The summed E-state index contributed by atoms with van der Waals surface area (Å²) in [4.78, 5) is 28.0. The minimum atomic E-state index is -0.233. The number of ether oxygens (including phenoxy) is 1. The van der Waals surface area contributed by atoms with Crippen LogP contribution >= 0.6 is 22.9 Å². The molecular formula is C23H22ClN3O3S. The van der Waals surface area contributed by atoms with Crippen LogP contribution in [-0.2, 0) is 22.7 Å². The van der Waals surface area contributed by atoms with E-state index in [-0.39, 0.29) is 18.4 Å². The smallest absolute Gasteiger partial charge is 0.246 e. The Morgan fingerprint density at radius 1 is 1.10 bits per heavy atom. The summed E-state index contributed by atoms with van der Waals surface area (Å²) < 4.78 is 6.01. The second-order valence-electron chi connectivity index (χ2n) is 7.08. The number of rotatable bonds is 7. The summed E-state index contributed by atoms with van der Waals surface area (Å²) in [7, 11) is 0. The normalized spacial score (nSPS) is 12.4. The number of hydrogen-bond acceptors (Lipinski definition) is 5. The molecule has 0 aliphatic carbocycles. The van der Waals surface area contributed by atoms with Gasteiger partial charge in [-0.15, -0.1) is 11.3 Å². The predicted molar refractivity (Wildman–Crippen MR) is 123 cm³/mol. The number of amides is 2. The molecule has 31 heavy (non-hydrogen) atoms. The van der Waals surface area contributed by atoms with Gasteiger partial charge in [0.05, 0.1) is 18.8 Å². The fourth-order valence-electron chi connectivity index (χ4n) is 3.30. The van der Waals surface area contributed by atoms with E-state index in [1.165, 1.54) is 4.88 Å². The number of benzene rings is 2. The minimum Gasteiger partial charge on any atom is -0.455 e. The number of hydrogen-bond donors (Lipinski definition) is 2. The van der Waals surface area contributed by atoms with Gasteiger partial charge in [0, 0.05) is 35.0 Å². The molecular weight excluding hydrogens is 434 g/mol. The van der Waals surface area contributed by atoms with Gasteiger partial charge in [-0.1, -0.05) is 35.9 Å². The van der Waals surface area contributed by atoms with Crippen LogP contribution in [0.2, 0.25) is 5.02 Å². The zero-order chi connectivity index (χ0) is 21.6. The highest BCUT2D eigenvalue weighted by molar-refractivity contribution is 7.09. The average Bonchev–Trinajstić information content (AvgIpc) is 3.23. The lowest BCUT2D eigenvalue weighted by Gasteiger charge is -2.22. The molecule has 2 amide bonds. The molecule has 6 nitrogen and oxygen atoms in total. The van der Waals surface area contributed by atoms with E-state index in [1.807, 2.05) is 41.8 Å². The van der Waals surface area contributed by atoms with Crippen molar-refractivity contribution in [1.29, 1.82) is 0 Å². The van der Waals surface area contributed by atoms with Gasteiger partial charge in [0.15, 0.2) is 5.75 Å². The van der Waals surface area contributed by atoms with Crippen molar-refractivity contribution in [2.75, 3.05) is 18.0 Å². The summed E-state index contributed by atoms with van der Waals surface area (Å²) in [5, 5.41) is 8.48. The van der Waals surface area contributed by atoms with E-state index in [0.29, 0.717) is 41.7 Å². The number of anilines is 1. The number of carbonyl (C=O) groups is 2. The largest absolute Gasteiger partial charge is 0.455 e. The molecule has 160 valence electrons. The summed E-state index contributed by atoms with van der Waals surface area (Å²) in [6, 6.07) is 16.8. The number of halogens is 1. The lowest BCUT2D eigenvalue weighted by Crippen LogP contribution is -2.40. The van der Waals surface area contributed by atoms with E-state index in [1.54, 1.807) is 34.4 Å². The summed E-state index contributed by atoms with van der Waals surface area (Å²) in [6.45, 7) is 1.51. The highest BCUT2D eigenvalue weighted by Gasteiger charge is 2.25. The first-order valence-electron chi connectivity index (χ1n) is 9.95. The molecule has 4 rings (SSSR count). The standard InChI is InChI=1S/C23H22ClN3O3S/c24-17-7-8-21-19(12-17)27(15-16-4-1-2-6-20(16)30-21)23(29)14-26-22(28)9-10-25-13-18-5-3-11-31-18/h1-8,11-12,25H,9-10,13-15H2,(H,26,28). The van der Waals surface area contributed by atoms with Crippen LogP contribution in [0.5, 0.6) is 11.5 Å². The van der Waals surface area contributed by atoms with Crippen molar-refractivity contribution in [3.8, 4) is 11.5 Å². The number of carbonyl (C=O) groups excluding carboxylic acids is 2. The van der Waals surface area contributed by atoms with Crippen LogP contribution in [0.1, 0.15) is 16.9 Å². The third kappa shape index (κ3) is 5.44. The fourth-order valence-corrected chi connectivity index (χ4v) is 4.14. The Morgan fingerprint density at radius 2 is 1.97 bits per heavy atom. The summed E-state index contributed by atoms with van der Waals surface area (Å²) >= 11 is 7.85. The molecule has 0 spiro atoms. The van der Waals surface area contributed by atoms with Crippen molar-refractivity contribution >= 4 is 40.4 Å². The molecule has 0 radical (unpaired) electrons. The van der Waals surface area contributed by atoms with E-state index < -0.39 is 0 Å². The SMILES string of the molecule is O=C(CCNCc1cccs1)NCC(=O)N1Cc2ccccc2Oc2ccc(Cl)cc21. The van der Waals surface area contributed by atoms with Crippen LogP contribution in [0.25, 0.3) is 0 Å². The molecule has 2 N–H and O–H groups in total. The molecule has 2 heterocycles. The van der Waals surface area contributed by atoms with Crippen LogP contribution in [-0.4, -0.2) is 24.9 Å². The maximum absolute atomic E-state index is 13.0. The molecule has 0 atom stereocenters. The van der Waals surface area contributed by atoms with Gasteiger partial charge in [0.25, 0.3) is 0 Å². The second-order valence-corrected chi connectivity index (χ2v) is 8.55. The van der Waals surface area contributed by atoms with Gasteiger partial charge in [-0.2, -0.15) is 0 Å². The highest BCUT2D eigenvalue weighted by Crippen LogP contribution is 2.40. The van der Waals surface area contributed by atoms with E-state index in [0.717, 1.165) is 12.1 Å². The molecule has 0 unspecified atom stereocenters. The van der Waals surface area contributed by atoms with E-state index in [9.17, 15) is 9.59 Å². The van der Waals surface area contributed by atoms with Gasteiger partial charge in [-0.3, -0.25) is 9.59 Å². The number of thiophene rings is 1. The van der Waals surface area contributed by atoms with Gasteiger partial charge >= 0.3 is 0 Å². The van der Waals surface area contributed by atoms with Gasteiger partial charge in [0.1, 0.15) is 5.75 Å². The Balaban J connectivity index is 1.37. The van der Waals surface area contributed by atoms with Crippen molar-refractivity contribution in [3.63, 3.8) is 0 Å². The first-order chi connectivity index (χ1) is 15.1. The first-order valence-corrected chi connectivity index (χ1v) is 11.2. The van der Waals surface area contributed by atoms with Crippen LogP contribution < -0.4 is 20.3 Å². The summed E-state index contributed by atoms with van der Waals surface area (Å²) in [5.41, 5.74) is 1.47. The minimum absolute atomic E-state index is 0.0993. The fraction of sp³-hybridized carbons (Fsp3) is 0.217. The van der Waals surface area contributed by atoms with Crippen LogP contribution in [0.15, 0.2) is 60.0 Å². The Morgan fingerprint density at radius 3 is 2.81 bits per heavy atom. The molecule has 0 fully saturated rings. The quantitative estimate of drug-likeness (QED) is 0.520. The zero-order valence-electron chi connectivity index (χ0n) is 16.8. The summed E-state index contributed by atoms with van der Waals surface area (Å²) in [5.74, 6) is 0.836. The van der Waals surface area contributed by atoms with E-state index in [4.69, 9.17) is 16.3 Å². The molecule has 0 saturated heterocycles. The monoisotopic (exact) mass is 455 g/mol. The number of para-hydroxylation sites is 1. The molecule has 0 bridgehead atoms. The predicted octanol–water partition coefficient (Wildman–Crippen LogP) is 4.34. The van der Waals surface area contributed by atoms with Gasteiger partial charge in [0.2, 0.25) is 11.8 Å². The average molecular weight is 456 g/mol. The van der Waals surface area contributed by atoms with Crippen LogP contribution in [0, 0.1) is 0 Å². The highest BCUT2D eigenvalue weighted by atomic mass is 35.5. The third-order valence-electron chi connectivity index (χ3n) is 4.88. The van der Waals surface area contributed by atoms with Gasteiger partial charge < -0.3 is 20.3 Å². The molecule has 3 aromatic rings. The summed E-state index contributed by atoms with van der Waals surface area (Å²) in [6.07, 6.45) is 0.299. The number of nitrogens with one attached hydrogen (secondary N) is 2. The maximum atomic E-state index is 13.0. The Kier molecular flexibility index (Phi) is 6.86. The zero-order valence-corrected chi connectivity index (χ0v) is 18.3. The second kappa shape index (κ2) is 9.96. The number of fused-ring (bicyclic) bond motifs is 2. The topological polar surface area (TPSA) is 70.7 Å². The third-order valence-corrected chi connectivity index (χ3v) is 5.99. The lowest BCUT2D eigenvalue weighted by atomic mass is 10.2. The van der Waals surface area contributed by atoms with Gasteiger partial charge in [-0.25, -0.2) is 0 Å². The maximum Gasteiger partial charge on any atom is 0.246 e. The molecule has 2 aromatic carbocycles. The van der Waals surface area contributed by atoms with Gasteiger partial charge in [-0.05, 0) is 35.7 Å². The number of nitrogens with zero attached hydrogens (tertiary/aromatic N) is 1. The Labute approximate surface area is 189 Å². The van der Waals surface area contributed by atoms with Crippen molar-refractivity contribution in [2.24, 2.45) is 0 Å². The molecule has 0 saturated carbocycles. The Bertz CT molecular complexity index is 1070. The lowest BCUT2D eigenvalue weighted by molar-refractivity contribution is -0.125. The molecule has 1 aliphatic heterocycles. The first kappa shape index (κ1) is 21.4. The van der Waals surface area contributed by atoms with Crippen molar-refractivity contribution < 1.29 is 14.3 Å². The molecule has 1 aliphatic rings. The van der Waals surface area contributed by atoms with E-state index >= 15 is 0 Å². The van der Waals surface area contributed by atoms with E-state index in [2.05, 4.69) is 10.6 Å². The molecule has 8 heteroatoms. The van der Waals surface area contributed by atoms with Crippen LogP contribution in [0.3, 0.4) is 0 Å². The van der Waals surface area contributed by atoms with Crippen LogP contribution in [0.4, 0.5) is 5.69 Å².